The summed E-state index contributed by atoms with van der Waals surface area (Å²) in [6.07, 6.45) is 0. The molecule has 0 aliphatic rings. The van der Waals surface area contributed by atoms with Crippen LogP contribution in [0.15, 0.2) is 46.3 Å². The Bertz CT molecular complexity index is 1170. The number of hydrogen-bond donors (Lipinski definition) is 1. The van der Waals surface area contributed by atoms with Crippen LogP contribution >= 0.6 is 35.0 Å². The second-order valence-electron chi connectivity index (χ2n) is 6.60. The van der Waals surface area contributed by atoms with E-state index in [4.69, 9.17) is 32.7 Å². The van der Waals surface area contributed by atoms with Gasteiger partial charge >= 0.3 is 0 Å². The first-order chi connectivity index (χ1) is 14.8. The number of ether oxygens (including phenoxy) is 2. The van der Waals surface area contributed by atoms with Crippen molar-refractivity contribution in [3.05, 3.63) is 56.8 Å². The first-order valence-electron chi connectivity index (χ1n) is 9.34. The van der Waals surface area contributed by atoms with Crippen LogP contribution in [0.5, 0.6) is 5.75 Å². The van der Waals surface area contributed by atoms with Gasteiger partial charge in [-0.1, -0.05) is 35.0 Å². The monoisotopic (exact) mass is 481 g/mol. The first kappa shape index (κ1) is 23.4. The topological polar surface area (TPSA) is 82.4 Å². The van der Waals surface area contributed by atoms with Crippen molar-refractivity contribution in [3.63, 3.8) is 0 Å². The molecule has 1 amide bonds. The number of aromatic nitrogens is 2. The van der Waals surface area contributed by atoms with E-state index >= 15 is 0 Å². The second-order valence-corrected chi connectivity index (χ2v) is 8.76. The van der Waals surface area contributed by atoms with Gasteiger partial charge in [-0.05, 0) is 43.3 Å². The summed E-state index contributed by atoms with van der Waals surface area (Å²) in [6, 6.07) is 9.91. The molecule has 0 aliphatic carbocycles. The van der Waals surface area contributed by atoms with Gasteiger partial charge in [-0.25, -0.2) is 4.98 Å². The highest BCUT2D eigenvalue weighted by atomic mass is 35.5. The van der Waals surface area contributed by atoms with E-state index in [1.807, 2.05) is 0 Å². The third-order valence-corrected chi connectivity index (χ3v) is 6.09. The number of benzene rings is 2. The summed E-state index contributed by atoms with van der Waals surface area (Å²) < 4.78 is 11.8. The number of fused-ring (bicyclic) bond motifs is 1. The third kappa shape index (κ3) is 5.51. The van der Waals surface area contributed by atoms with Crippen LogP contribution in [0, 0.1) is 0 Å². The minimum absolute atomic E-state index is 0.212. The summed E-state index contributed by atoms with van der Waals surface area (Å²) in [5.74, 6) is 0.258. The van der Waals surface area contributed by atoms with Gasteiger partial charge in [-0.3, -0.25) is 14.2 Å². The van der Waals surface area contributed by atoms with E-state index in [0.717, 1.165) is 0 Å². The second kappa shape index (κ2) is 10.4. The molecule has 0 bridgehead atoms. The maximum Gasteiger partial charge on any atom is 0.262 e. The van der Waals surface area contributed by atoms with Gasteiger partial charge in [0.2, 0.25) is 5.91 Å². The Morgan fingerprint density at radius 1 is 1.23 bits per heavy atom. The number of hydrogen-bond acceptors (Lipinski definition) is 6. The molecule has 0 saturated heterocycles. The van der Waals surface area contributed by atoms with Crippen molar-refractivity contribution in [1.29, 1.82) is 0 Å². The Hall–Kier alpha value is -2.26. The molecule has 3 rings (SSSR count). The van der Waals surface area contributed by atoms with Gasteiger partial charge in [0.1, 0.15) is 5.75 Å². The molecule has 10 heteroatoms. The molecule has 31 heavy (non-hydrogen) atoms. The van der Waals surface area contributed by atoms with Crippen LogP contribution in [0.3, 0.4) is 0 Å². The molecule has 164 valence electrons. The molecule has 0 saturated carbocycles. The minimum atomic E-state index is -0.543. The van der Waals surface area contributed by atoms with Crippen LogP contribution in [0.4, 0.5) is 5.69 Å². The number of amides is 1. The van der Waals surface area contributed by atoms with Crippen LogP contribution in [-0.2, 0) is 16.1 Å². The van der Waals surface area contributed by atoms with E-state index in [1.165, 1.54) is 23.4 Å². The molecule has 1 N–H and O–H groups in total. The van der Waals surface area contributed by atoms with Gasteiger partial charge in [0.15, 0.2) is 5.16 Å². The van der Waals surface area contributed by atoms with Crippen molar-refractivity contribution in [3.8, 4) is 5.75 Å². The number of carbonyl (C=O) groups excluding carboxylic acids is 1. The Balaban J connectivity index is 1.87. The molecule has 0 aliphatic heterocycles. The smallest absolute Gasteiger partial charge is 0.262 e. The van der Waals surface area contributed by atoms with E-state index in [9.17, 15) is 9.59 Å². The highest BCUT2D eigenvalue weighted by Crippen LogP contribution is 2.29. The zero-order valence-corrected chi connectivity index (χ0v) is 19.5. The lowest BCUT2D eigenvalue weighted by molar-refractivity contribution is -0.115. The van der Waals surface area contributed by atoms with Gasteiger partial charge in [-0.15, -0.1) is 0 Å². The summed E-state index contributed by atoms with van der Waals surface area (Å²) in [7, 11) is 3.08. The van der Waals surface area contributed by atoms with Crippen molar-refractivity contribution in [2.45, 2.75) is 23.9 Å². The van der Waals surface area contributed by atoms with Gasteiger partial charge in [0.25, 0.3) is 5.56 Å². The molecule has 7 nitrogen and oxygen atoms in total. The number of thioether (sulfide) groups is 1. The lowest BCUT2D eigenvalue weighted by Crippen LogP contribution is -2.28. The summed E-state index contributed by atoms with van der Waals surface area (Å²) in [6.45, 7) is 2.38. The highest BCUT2D eigenvalue weighted by Gasteiger charge is 2.20. The standard InChI is InChI=1S/C21H21Cl2N3O4S/c1-12(19(27)24-14-5-7-18(30-3)16(23)11-14)31-21-25-17-10-13(22)4-6-15(17)20(28)26(21)8-9-29-2/h4-7,10-12H,8-9H2,1-3H3,(H,24,27). The molecule has 0 spiro atoms. The number of methoxy groups -OCH3 is 2. The SMILES string of the molecule is COCCn1c(SC(C)C(=O)Nc2ccc(OC)c(Cl)c2)nc2cc(Cl)ccc2c1=O. The Kier molecular flexibility index (Phi) is 7.83. The summed E-state index contributed by atoms with van der Waals surface area (Å²) in [5.41, 5.74) is 0.803. The van der Waals surface area contributed by atoms with Crippen LogP contribution < -0.4 is 15.6 Å². The summed E-state index contributed by atoms with van der Waals surface area (Å²) in [5, 5.41) is 4.01. The highest BCUT2D eigenvalue weighted by molar-refractivity contribution is 8.00. The largest absolute Gasteiger partial charge is 0.495 e. The van der Waals surface area contributed by atoms with Crippen LogP contribution in [0.1, 0.15) is 6.92 Å². The van der Waals surface area contributed by atoms with Gasteiger partial charge in [0.05, 0.1) is 41.4 Å². The predicted octanol–water partition coefficient (Wildman–Crippen LogP) is 4.48. The Morgan fingerprint density at radius 2 is 2.00 bits per heavy atom. The Morgan fingerprint density at radius 3 is 2.68 bits per heavy atom. The van der Waals surface area contributed by atoms with E-state index in [0.29, 0.717) is 50.7 Å². The normalized spacial score (nSPS) is 12.0. The van der Waals surface area contributed by atoms with Crippen molar-refractivity contribution in [2.24, 2.45) is 0 Å². The van der Waals surface area contributed by atoms with Crippen LogP contribution in [0.2, 0.25) is 10.0 Å². The maximum absolute atomic E-state index is 13.0. The van der Waals surface area contributed by atoms with E-state index in [2.05, 4.69) is 10.3 Å². The molecule has 0 fully saturated rings. The molecular formula is C21H21Cl2N3O4S. The maximum atomic E-state index is 13.0. The van der Waals surface area contributed by atoms with Gasteiger partial charge in [0, 0.05) is 17.8 Å². The third-order valence-electron chi connectivity index (χ3n) is 4.47. The van der Waals surface area contributed by atoms with E-state index < -0.39 is 5.25 Å². The van der Waals surface area contributed by atoms with Gasteiger partial charge < -0.3 is 14.8 Å². The number of rotatable bonds is 8. The van der Waals surface area contributed by atoms with Crippen molar-refractivity contribution in [1.82, 2.24) is 9.55 Å². The molecule has 3 aromatic rings. The number of nitrogens with zero attached hydrogens (tertiary/aromatic N) is 2. The molecule has 1 aromatic heterocycles. The van der Waals surface area contributed by atoms with E-state index in [-0.39, 0.29) is 11.5 Å². The fourth-order valence-corrected chi connectivity index (χ4v) is 4.20. The zero-order chi connectivity index (χ0) is 22.5. The molecule has 0 radical (unpaired) electrons. The fraction of sp³-hybridized carbons (Fsp3) is 0.286. The van der Waals surface area contributed by atoms with Crippen molar-refractivity contribution in [2.75, 3.05) is 26.1 Å². The summed E-state index contributed by atoms with van der Waals surface area (Å²) >= 11 is 13.4. The van der Waals surface area contributed by atoms with Crippen LogP contribution in [0.25, 0.3) is 10.9 Å². The van der Waals surface area contributed by atoms with Crippen molar-refractivity contribution >= 4 is 57.5 Å². The number of halogens is 2. The first-order valence-corrected chi connectivity index (χ1v) is 11.0. The lowest BCUT2D eigenvalue weighted by atomic mass is 10.2. The average Bonchev–Trinajstić information content (AvgIpc) is 2.73. The van der Waals surface area contributed by atoms with Gasteiger partial charge in [-0.2, -0.15) is 0 Å². The number of nitrogens with one attached hydrogen (secondary N) is 1. The fourth-order valence-electron chi connectivity index (χ4n) is 2.84. The van der Waals surface area contributed by atoms with Crippen molar-refractivity contribution < 1.29 is 14.3 Å². The molecule has 2 aromatic carbocycles. The molecule has 1 atom stereocenters. The molecule has 1 unspecified atom stereocenters. The number of anilines is 1. The minimum Gasteiger partial charge on any atom is -0.495 e. The molecular weight excluding hydrogens is 461 g/mol. The predicted molar refractivity (Wildman–Crippen MR) is 125 cm³/mol. The zero-order valence-electron chi connectivity index (χ0n) is 17.1. The summed E-state index contributed by atoms with van der Waals surface area (Å²) in [4.78, 5) is 30.3. The number of carbonyl (C=O) groups is 1. The average molecular weight is 482 g/mol. The quantitative estimate of drug-likeness (QED) is 0.377. The Labute approximate surface area is 193 Å². The van der Waals surface area contributed by atoms with E-state index in [1.54, 1.807) is 50.4 Å². The van der Waals surface area contributed by atoms with Crippen LogP contribution in [-0.4, -0.2) is 41.5 Å². The molecule has 1 heterocycles. The lowest BCUT2D eigenvalue weighted by Gasteiger charge is -2.16.